The number of piperazine rings is 1. The van der Waals surface area contributed by atoms with Gasteiger partial charge in [-0.2, -0.15) is 4.98 Å². The lowest BCUT2D eigenvalue weighted by molar-refractivity contribution is -0.133. The first-order chi connectivity index (χ1) is 17.0. The maximum absolute atomic E-state index is 12.8. The van der Waals surface area contributed by atoms with E-state index in [2.05, 4.69) is 32.5 Å². The molecule has 1 N–H and O–H groups in total. The van der Waals surface area contributed by atoms with E-state index in [4.69, 9.17) is 9.26 Å². The summed E-state index contributed by atoms with van der Waals surface area (Å²) in [4.78, 5) is 33.6. The largest absolute Gasteiger partial charge is 0.497 e. The van der Waals surface area contributed by atoms with Crippen molar-refractivity contribution in [3.8, 4) is 5.75 Å². The molecular formula is C26H37N5O4. The third kappa shape index (κ3) is 6.60. The van der Waals surface area contributed by atoms with Crippen molar-refractivity contribution in [2.24, 2.45) is 0 Å². The highest BCUT2D eigenvalue weighted by Crippen LogP contribution is 2.34. The van der Waals surface area contributed by atoms with Crippen LogP contribution in [0.1, 0.15) is 69.1 Å². The molecule has 0 atom stereocenters. The van der Waals surface area contributed by atoms with Crippen LogP contribution in [0.15, 0.2) is 28.8 Å². The SMILES string of the molecule is COc1ccc(CN2CCN(C(=O)CCc3nc(C4(NC(C)=O)CCCCCC4)no3)CC2)cc1. The van der Waals surface area contributed by atoms with Crippen molar-refractivity contribution in [3.05, 3.63) is 41.5 Å². The molecule has 1 saturated carbocycles. The number of carbonyl (C=O) groups is 2. The van der Waals surface area contributed by atoms with Gasteiger partial charge in [0.2, 0.25) is 17.7 Å². The summed E-state index contributed by atoms with van der Waals surface area (Å²) in [6.07, 6.45) is 6.71. The molecular weight excluding hydrogens is 446 g/mol. The molecule has 2 fully saturated rings. The van der Waals surface area contributed by atoms with Crippen molar-refractivity contribution in [2.45, 2.75) is 70.4 Å². The second kappa shape index (κ2) is 11.7. The van der Waals surface area contributed by atoms with Gasteiger partial charge in [0.25, 0.3) is 0 Å². The van der Waals surface area contributed by atoms with E-state index in [0.717, 1.165) is 77.0 Å². The number of hydrogen-bond donors (Lipinski definition) is 1. The van der Waals surface area contributed by atoms with E-state index in [1.165, 1.54) is 12.5 Å². The van der Waals surface area contributed by atoms with Gasteiger partial charge in [-0.15, -0.1) is 0 Å². The fourth-order valence-electron chi connectivity index (χ4n) is 5.14. The lowest BCUT2D eigenvalue weighted by atomic mass is 9.89. The number of ether oxygens (including phenoxy) is 1. The van der Waals surface area contributed by atoms with Crippen LogP contribution in [-0.4, -0.2) is 65.0 Å². The fraction of sp³-hybridized carbons (Fsp3) is 0.615. The number of hydrogen-bond acceptors (Lipinski definition) is 7. The van der Waals surface area contributed by atoms with Gasteiger partial charge in [0.05, 0.1) is 7.11 Å². The minimum absolute atomic E-state index is 0.0837. The molecule has 2 amide bonds. The molecule has 1 aliphatic carbocycles. The molecule has 9 heteroatoms. The van der Waals surface area contributed by atoms with Gasteiger partial charge in [0.15, 0.2) is 5.82 Å². The molecule has 0 unspecified atom stereocenters. The quantitative estimate of drug-likeness (QED) is 0.576. The molecule has 2 aromatic rings. The van der Waals surface area contributed by atoms with E-state index in [9.17, 15) is 9.59 Å². The van der Waals surface area contributed by atoms with Crippen LogP contribution in [0.25, 0.3) is 0 Å². The van der Waals surface area contributed by atoms with Gasteiger partial charge in [0.1, 0.15) is 11.3 Å². The summed E-state index contributed by atoms with van der Waals surface area (Å²) in [5.41, 5.74) is 0.678. The van der Waals surface area contributed by atoms with E-state index in [1.807, 2.05) is 17.0 Å². The van der Waals surface area contributed by atoms with E-state index >= 15 is 0 Å². The summed E-state index contributed by atoms with van der Waals surface area (Å²) in [7, 11) is 1.67. The van der Waals surface area contributed by atoms with Gasteiger partial charge < -0.3 is 19.5 Å². The van der Waals surface area contributed by atoms with Gasteiger partial charge in [-0.05, 0) is 30.5 Å². The number of carbonyl (C=O) groups excluding carboxylic acids is 2. The molecule has 35 heavy (non-hydrogen) atoms. The summed E-state index contributed by atoms with van der Waals surface area (Å²) in [6.45, 7) is 5.53. The topological polar surface area (TPSA) is 101 Å². The average molecular weight is 484 g/mol. The van der Waals surface area contributed by atoms with Gasteiger partial charge in [-0.3, -0.25) is 14.5 Å². The number of benzene rings is 1. The molecule has 9 nitrogen and oxygen atoms in total. The highest BCUT2D eigenvalue weighted by Gasteiger charge is 2.38. The number of nitrogens with one attached hydrogen (secondary N) is 1. The van der Waals surface area contributed by atoms with Gasteiger partial charge >= 0.3 is 0 Å². The Kier molecular flexibility index (Phi) is 8.38. The van der Waals surface area contributed by atoms with E-state index < -0.39 is 5.54 Å². The third-order valence-corrected chi connectivity index (χ3v) is 7.11. The minimum Gasteiger partial charge on any atom is -0.497 e. The summed E-state index contributed by atoms with van der Waals surface area (Å²) in [5, 5.41) is 7.32. The first-order valence-corrected chi connectivity index (χ1v) is 12.7. The van der Waals surface area contributed by atoms with Crippen LogP contribution in [0.2, 0.25) is 0 Å². The smallest absolute Gasteiger partial charge is 0.227 e. The predicted molar refractivity (Wildman–Crippen MR) is 131 cm³/mol. The Morgan fingerprint density at radius 1 is 1.06 bits per heavy atom. The molecule has 2 heterocycles. The number of amides is 2. The minimum atomic E-state index is -0.561. The Morgan fingerprint density at radius 2 is 1.74 bits per heavy atom. The highest BCUT2D eigenvalue weighted by atomic mass is 16.5. The van der Waals surface area contributed by atoms with Crippen LogP contribution in [0, 0.1) is 0 Å². The van der Waals surface area contributed by atoms with Crippen LogP contribution in [0.4, 0.5) is 0 Å². The maximum Gasteiger partial charge on any atom is 0.227 e. The normalized spacial score (nSPS) is 18.6. The van der Waals surface area contributed by atoms with Crippen molar-refractivity contribution in [3.63, 3.8) is 0 Å². The number of rotatable bonds is 8. The molecule has 0 spiro atoms. The average Bonchev–Trinajstić information content (AvgIpc) is 3.23. The monoisotopic (exact) mass is 483 g/mol. The molecule has 0 radical (unpaired) electrons. The Bertz CT molecular complexity index is 974. The van der Waals surface area contributed by atoms with Gasteiger partial charge in [-0.25, -0.2) is 0 Å². The summed E-state index contributed by atoms with van der Waals surface area (Å²) >= 11 is 0. The molecule has 1 aromatic carbocycles. The fourth-order valence-corrected chi connectivity index (χ4v) is 5.14. The van der Waals surface area contributed by atoms with Crippen molar-refractivity contribution >= 4 is 11.8 Å². The molecule has 1 aromatic heterocycles. The molecule has 4 rings (SSSR count). The Balaban J connectivity index is 1.26. The highest BCUT2D eigenvalue weighted by molar-refractivity contribution is 5.76. The van der Waals surface area contributed by atoms with Crippen LogP contribution in [-0.2, 0) is 28.1 Å². The lowest BCUT2D eigenvalue weighted by Gasteiger charge is -2.34. The zero-order valence-corrected chi connectivity index (χ0v) is 20.9. The van der Waals surface area contributed by atoms with Crippen LogP contribution in [0.3, 0.4) is 0 Å². The second-order valence-corrected chi connectivity index (χ2v) is 9.69. The number of methoxy groups -OCH3 is 1. The first-order valence-electron chi connectivity index (χ1n) is 12.7. The Labute approximate surface area is 207 Å². The lowest BCUT2D eigenvalue weighted by Crippen LogP contribution is -2.48. The van der Waals surface area contributed by atoms with Crippen LogP contribution in [0.5, 0.6) is 5.75 Å². The van der Waals surface area contributed by atoms with Gasteiger partial charge in [0, 0.05) is 52.5 Å². The van der Waals surface area contributed by atoms with Crippen LogP contribution >= 0.6 is 0 Å². The first kappa shape index (κ1) is 25.2. The molecule has 190 valence electrons. The molecule has 1 saturated heterocycles. The number of aryl methyl sites for hydroxylation is 1. The van der Waals surface area contributed by atoms with E-state index in [-0.39, 0.29) is 11.8 Å². The predicted octanol–water partition coefficient (Wildman–Crippen LogP) is 3.04. The third-order valence-electron chi connectivity index (χ3n) is 7.11. The zero-order chi connectivity index (χ0) is 24.7. The zero-order valence-electron chi connectivity index (χ0n) is 20.9. The van der Waals surface area contributed by atoms with Crippen molar-refractivity contribution in [1.29, 1.82) is 0 Å². The summed E-state index contributed by atoms with van der Waals surface area (Å²) in [6, 6.07) is 8.12. The van der Waals surface area contributed by atoms with Crippen molar-refractivity contribution < 1.29 is 18.8 Å². The maximum atomic E-state index is 12.8. The van der Waals surface area contributed by atoms with E-state index in [1.54, 1.807) is 7.11 Å². The second-order valence-electron chi connectivity index (χ2n) is 9.69. The molecule has 1 aliphatic heterocycles. The summed E-state index contributed by atoms with van der Waals surface area (Å²) < 4.78 is 10.7. The number of aromatic nitrogens is 2. The van der Waals surface area contributed by atoms with Crippen LogP contribution < -0.4 is 10.1 Å². The Morgan fingerprint density at radius 3 is 2.37 bits per heavy atom. The van der Waals surface area contributed by atoms with Gasteiger partial charge in [-0.1, -0.05) is 43.0 Å². The van der Waals surface area contributed by atoms with E-state index in [0.29, 0.717) is 24.6 Å². The molecule has 2 aliphatic rings. The number of nitrogens with zero attached hydrogens (tertiary/aromatic N) is 4. The van der Waals surface area contributed by atoms with Crippen molar-refractivity contribution in [2.75, 3.05) is 33.3 Å². The van der Waals surface area contributed by atoms with Crippen molar-refractivity contribution in [1.82, 2.24) is 25.3 Å². The standard InChI is InChI=1S/C26H37N5O4/c1-20(32)28-26(13-5-3-4-6-14-26)25-27-23(35-29-25)11-12-24(33)31-17-15-30(16-18-31)19-21-7-9-22(34-2)10-8-21/h7-10H,3-6,11-19H2,1-2H3,(H,28,32). The molecule has 0 bridgehead atoms. The summed E-state index contributed by atoms with van der Waals surface area (Å²) in [5.74, 6) is 1.89. The Hall–Kier alpha value is -2.94.